The summed E-state index contributed by atoms with van der Waals surface area (Å²) in [5.41, 5.74) is 44.5. The minimum atomic E-state index is -4.26. The normalized spacial score (nSPS) is 11.2. The van der Waals surface area contributed by atoms with E-state index in [9.17, 15) is 26.7 Å². The van der Waals surface area contributed by atoms with Crippen LogP contribution in [0.15, 0.2) is 90.0 Å². The Hall–Kier alpha value is -6.32. The summed E-state index contributed by atoms with van der Waals surface area (Å²) in [6, 6.07) is 14.9. The van der Waals surface area contributed by atoms with Crippen LogP contribution in [-0.4, -0.2) is 58.9 Å². The van der Waals surface area contributed by atoms with Crippen molar-refractivity contribution in [2.75, 3.05) is 41.0 Å². The summed E-state index contributed by atoms with van der Waals surface area (Å²) in [4.78, 5) is 15.7. The maximum atomic E-state index is 11.8. The second-order valence-electron chi connectivity index (χ2n) is 12.3. The van der Waals surface area contributed by atoms with Crippen molar-refractivity contribution in [2.45, 2.75) is 59.6 Å². The number of hydrogen-bond acceptors (Lipinski definition) is 14. The van der Waals surface area contributed by atoms with Crippen LogP contribution in [0.1, 0.15) is 62.5 Å². The number of anilines is 5. The molecule has 0 bridgehead atoms. The minimum Gasteiger partial charge on any atom is -0.491 e. The molecule has 17 N–H and O–H groups in total. The molecule has 0 fully saturated rings. The molecule has 4 rings (SSSR count). The lowest BCUT2D eigenvalue weighted by molar-refractivity contribution is -0.112. The van der Waals surface area contributed by atoms with Crippen LogP contribution in [0, 0.1) is 13.8 Å². The molecule has 3 aromatic carbocycles. The molecule has 1 aromatic heterocycles. The van der Waals surface area contributed by atoms with Gasteiger partial charge >= 0.3 is 0 Å². The van der Waals surface area contributed by atoms with Crippen LogP contribution in [0.5, 0.6) is 5.75 Å². The first-order valence-electron chi connectivity index (χ1n) is 18.0. The Labute approximate surface area is 352 Å². The molecular weight excluding hydrogens is 815 g/mol. The largest absolute Gasteiger partial charge is 0.491 e. The quantitative estimate of drug-likeness (QED) is 0.0301. The van der Waals surface area contributed by atoms with Gasteiger partial charge in [-0.05, 0) is 93.8 Å². The Morgan fingerprint density at radius 3 is 1.88 bits per heavy atom. The predicted octanol–water partition coefficient (Wildman–Crippen LogP) is 4.76. The number of hydrogen-bond donors (Lipinski definition) is 10. The van der Waals surface area contributed by atoms with Crippen molar-refractivity contribution in [1.82, 2.24) is 9.55 Å². The number of imidazole rings is 1. The number of carbonyl (C=O) groups excluding carboxylic acids is 1. The number of aliphatic hydroxyl groups is 1. The molecule has 0 saturated carbocycles. The zero-order valence-electron chi connectivity index (χ0n) is 34.7. The molecule has 1 amide bonds. The molecule has 330 valence electrons. The fourth-order valence-electron chi connectivity index (χ4n) is 4.54. The monoisotopic (exact) mass is 873 g/mol. The molecule has 20 heteroatoms. The molecule has 0 saturated heterocycles. The highest BCUT2D eigenvalue weighted by molar-refractivity contribution is 7.86. The summed E-state index contributed by atoms with van der Waals surface area (Å²) in [6.45, 7) is 18.4. The van der Waals surface area contributed by atoms with E-state index in [1.54, 1.807) is 31.2 Å². The molecular formula is C40H59N9O9S2. The summed E-state index contributed by atoms with van der Waals surface area (Å²) in [7, 11) is -8.20. The molecule has 4 aromatic rings. The highest BCUT2D eigenvalue weighted by atomic mass is 32.2. The van der Waals surface area contributed by atoms with Crippen LogP contribution < -0.4 is 44.9 Å². The number of primary amides is 1. The number of nitrogens with two attached hydrogens (primary N) is 7. The summed E-state index contributed by atoms with van der Waals surface area (Å²) < 4.78 is 66.1. The van der Waals surface area contributed by atoms with Crippen LogP contribution >= 0.6 is 0 Å². The van der Waals surface area contributed by atoms with E-state index in [1.165, 1.54) is 28.3 Å². The SMILES string of the molecule is C=Cc1nc(/C(C(N)=O)=C(/C)C(=C)N)n(CO)c1/C=C\C.CC.Cc1cc(N)c(OCCCS(=O)(=O)O)cc1N.Cc1ccc(N)cc1.Nc1ccc(N)c(S(=O)(=O)O)c1. The molecule has 60 heavy (non-hydrogen) atoms. The number of nitrogen functional groups attached to an aromatic ring is 5. The van der Waals surface area contributed by atoms with Crippen molar-refractivity contribution in [1.29, 1.82) is 0 Å². The molecule has 18 nitrogen and oxygen atoms in total. The fraction of sp³-hybridized carbons (Fsp3) is 0.250. The highest BCUT2D eigenvalue weighted by Gasteiger charge is 2.22. The number of amides is 1. The van der Waals surface area contributed by atoms with Gasteiger partial charge in [0.15, 0.2) is 0 Å². The van der Waals surface area contributed by atoms with Gasteiger partial charge in [-0.15, -0.1) is 0 Å². The lowest BCUT2D eigenvalue weighted by Gasteiger charge is -2.11. The highest BCUT2D eigenvalue weighted by Crippen LogP contribution is 2.28. The summed E-state index contributed by atoms with van der Waals surface area (Å²) in [6.07, 6.45) is 5.28. The average molecular weight is 874 g/mol. The Morgan fingerprint density at radius 1 is 0.883 bits per heavy atom. The van der Waals surface area contributed by atoms with Crippen molar-refractivity contribution in [3.05, 3.63) is 113 Å². The topological polar surface area (TPSA) is 355 Å². The summed E-state index contributed by atoms with van der Waals surface area (Å²) >= 11 is 0. The predicted molar refractivity (Wildman–Crippen MR) is 243 cm³/mol. The summed E-state index contributed by atoms with van der Waals surface area (Å²) in [5, 5.41) is 9.61. The van der Waals surface area contributed by atoms with Gasteiger partial charge in [0, 0.05) is 28.8 Å². The third-order valence-electron chi connectivity index (χ3n) is 7.62. The van der Waals surface area contributed by atoms with E-state index >= 15 is 0 Å². The van der Waals surface area contributed by atoms with Crippen LogP contribution in [-0.2, 0) is 31.8 Å². The van der Waals surface area contributed by atoms with Crippen molar-refractivity contribution in [3.63, 3.8) is 0 Å². The molecule has 0 aliphatic carbocycles. The number of rotatable bonds is 12. The van der Waals surface area contributed by atoms with Crippen LogP contribution in [0.25, 0.3) is 17.7 Å². The minimum absolute atomic E-state index is 0.0216. The fourth-order valence-corrected chi connectivity index (χ4v) is 5.67. The maximum Gasteiger partial charge on any atom is 0.296 e. The standard InChI is InChI=1S/C15H20N4O2.C10H16N2O4S.C7H9N.C6H8N2O3S.C2H6/c1-5-7-12-11(6-2)18-15(19(12)8-20)13(14(17)21)9(3)10(4)16;1-7-5-9(12)10(6-8(7)11)16-3-2-4-17(13,14)15;1-6-2-4-7(8)5-3-6;7-4-1-2-5(8)6(3-4)12(9,10)11;1-2/h5-7,20H,2,4,8,16H2,1,3H3,(H2,17,21);5-6H,2-4,11-12H2,1H3,(H,13,14,15);2-5H,8H2,1H3;1-3H,7-8H2,(H,9,10,11);1-2H3/b7-5-,13-9-;;;;. The van der Waals surface area contributed by atoms with Crippen LogP contribution in [0.4, 0.5) is 28.4 Å². The lowest BCUT2D eigenvalue weighted by atomic mass is 10.1. The lowest BCUT2D eigenvalue weighted by Crippen LogP contribution is -2.19. The van der Waals surface area contributed by atoms with E-state index in [0.717, 1.165) is 17.3 Å². The van der Waals surface area contributed by atoms with Crippen molar-refractivity contribution < 1.29 is 40.6 Å². The zero-order chi connectivity index (χ0) is 46.5. The third-order valence-corrected chi connectivity index (χ3v) is 9.33. The van der Waals surface area contributed by atoms with E-state index in [0.29, 0.717) is 34.1 Å². The van der Waals surface area contributed by atoms with Gasteiger partial charge in [0.05, 0.1) is 40.7 Å². The Morgan fingerprint density at radius 2 is 1.45 bits per heavy atom. The van der Waals surface area contributed by atoms with Gasteiger partial charge in [-0.25, -0.2) is 4.98 Å². The first-order valence-corrected chi connectivity index (χ1v) is 21.0. The molecule has 0 unspecified atom stereocenters. The molecule has 0 radical (unpaired) electrons. The molecule has 0 aliphatic rings. The van der Waals surface area contributed by atoms with E-state index in [1.807, 2.05) is 58.9 Å². The van der Waals surface area contributed by atoms with Gasteiger partial charge in [0.1, 0.15) is 23.2 Å². The Balaban J connectivity index is 0.000000799. The van der Waals surface area contributed by atoms with Gasteiger partial charge < -0.3 is 50.0 Å². The van der Waals surface area contributed by atoms with Gasteiger partial charge in [-0.2, -0.15) is 16.8 Å². The molecule has 1 heterocycles. The number of aliphatic hydroxyl groups excluding tert-OH is 1. The van der Waals surface area contributed by atoms with Gasteiger partial charge in [0.2, 0.25) is 0 Å². The van der Waals surface area contributed by atoms with E-state index in [4.69, 9.17) is 54.0 Å². The number of ether oxygens (including phenoxy) is 1. The number of allylic oxidation sites excluding steroid dienone is 2. The van der Waals surface area contributed by atoms with Gasteiger partial charge in [-0.3, -0.25) is 18.5 Å². The number of aryl methyl sites for hydroxylation is 2. The first kappa shape index (κ1) is 53.7. The van der Waals surface area contributed by atoms with Gasteiger partial charge in [0.25, 0.3) is 26.1 Å². The third kappa shape index (κ3) is 18.1. The zero-order valence-corrected chi connectivity index (χ0v) is 36.3. The van der Waals surface area contributed by atoms with Crippen molar-refractivity contribution >= 4 is 72.3 Å². The Kier molecular flexibility index (Phi) is 22.6. The van der Waals surface area contributed by atoms with E-state index in [-0.39, 0.29) is 58.9 Å². The molecule has 0 spiro atoms. The van der Waals surface area contributed by atoms with Crippen LogP contribution in [0.2, 0.25) is 0 Å². The number of carbonyl (C=O) groups is 1. The second kappa shape index (κ2) is 25.2. The smallest absolute Gasteiger partial charge is 0.296 e. The van der Waals surface area contributed by atoms with E-state index < -0.39 is 26.1 Å². The number of aromatic nitrogens is 2. The number of nitrogens with zero attached hydrogens (tertiary/aromatic N) is 2. The van der Waals surface area contributed by atoms with Crippen LogP contribution in [0.3, 0.4) is 0 Å². The van der Waals surface area contributed by atoms with Gasteiger partial charge in [-0.1, -0.05) is 50.8 Å². The number of benzene rings is 3. The summed E-state index contributed by atoms with van der Waals surface area (Å²) in [5.74, 6) is -0.379. The first-order chi connectivity index (χ1) is 27.9. The molecule has 0 atom stereocenters. The molecule has 0 aliphatic heterocycles. The van der Waals surface area contributed by atoms with E-state index in [2.05, 4.69) is 18.1 Å². The second-order valence-corrected chi connectivity index (χ2v) is 15.2. The Bertz CT molecular complexity index is 2340. The maximum absolute atomic E-state index is 11.8. The van der Waals surface area contributed by atoms with Crippen molar-refractivity contribution in [3.8, 4) is 5.75 Å². The van der Waals surface area contributed by atoms with Crippen molar-refractivity contribution in [2.24, 2.45) is 11.5 Å². The average Bonchev–Trinajstić information content (AvgIpc) is 3.51.